The van der Waals surface area contributed by atoms with E-state index in [9.17, 15) is 8.42 Å². The molecular formula is C21H31N3O3S. The minimum atomic E-state index is -3.35. The molecule has 1 aromatic heterocycles. The van der Waals surface area contributed by atoms with Gasteiger partial charge in [0, 0.05) is 25.9 Å². The van der Waals surface area contributed by atoms with Crippen molar-refractivity contribution in [2.45, 2.75) is 56.9 Å². The fourth-order valence-corrected chi connectivity index (χ4v) is 4.89. The number of rotatable bonds is 8. The zero-order chi connectivity index (χ0) is 20.1. The minimum Gasteiger partial charge on any atom is -0.497 e. The van der Waals surface area contributed by atoms with Crippen LogP contribution in [0.5, 0.6) is 5.75 Å². The summed E-state index contributed by atoms with van der Waals surface area (Å²) in [7, 11) is 0.355. The highest BCUT2D eigenvalue weighted by atomic mass is 32.2. The Morgan fingerprint density at radius 2 is 1.96 bits per heavy atom. The van der Waals surface area contributed by atoms with Gasteiger partial charge in [-0.3, -0.25) is 4.90 Å². The van der Waals surface area contributed by atoms with Gasteiger partial charge in [-0.1, -0.05) is 31.4 Å². The Morgan fingerprint density at radius 3 is 2.64 bits per heavy atom. The average Bonchev–Trinajstić information content (AvgIpc) is 3.05. The number of benzene rings is 1. The summed E-state index contributed by atoms with van der Waals surface area (Å²) >= 11 is 0. The normalized spacial score (nSPS) is 15.9. The van der Waals surface area contributed by atoms with E-state index in [1.165, 1.54) is 38.4 Å². The molecule has 154 valence electrons. The lowest BCUT2D eigenvalue weighted by Gasteiger charge is -2.25. The molecular weight excluding hydrogens is 374 g/mol. The van der Waals surface area contributed by atoms with Crippen molar-refractivity contribution in [1.29, 1.82) is 0 Å². The second-order valence-corrected chi connectivity index (χ2v) is 9.85. The summed E-state index contributed by atoms with van der Waals surface area (Å²) in [4.78, 5) is 6.44. The molecule has 0 unspecified atom stereocenters. The third kappa shape index (κ3) is 5.35. The molecule has 0 spiro atoms. The lowest BCUT2D eigenvalue weighted by Crippen LogP contribution is -2.23. The van der Waals surface area contributed by atoms with Gasteiger partial charge in [-0.15, -0.1) is 0 Å². The van der Waals surface area contributed by atoms with E-state index in [-0.39, 0.29) is 5.16 Å². The van der Waals surface area contributed by atoms with Gasteiger partial charge < -0.3 is 9.30 Å². The van der Waals surface area contributed by atoms with Crippen molar-refractivity contribution in [1.82, 2.24) is 14.5 Å². The summed E-state index contributed by atoms with van der Waals surface area (Å²) in [5.41, 5.74) is 2.11. The van der Waals surface area contributed by atoms with E-state index in [0.717, 1.165) is 30.1 Å². The van der Waals surface area contributed by atoms with Crippen molar-refractivity contribution in [3.8, 4) is 5.75 Å². The molecule has 6 nitrogen and oxygen atoms in total. The molecule has 1 aliphatic rings. The van der Waals surface area contributed by atoms with Gasteiger partial charge in [0.25, 0.3) is 0 Å². The van der Waals surface area contributed by atoms with Gasteiger partial charge in [0.15, 0.2) is 0 Å². The molecule has 1 aliphatic carbocycles. The van der Waals surface area contributed by atoms with Crippen LogP contribution in [0, 0.1) is 5.92 Å². The van der Waals surface area contributed by atoms with Gasteiger partial charge in [-0.05, 0) is 43.5 Å². The van der Waals surface area contributed by atoms with Crippen LogP contribution in [-0.2, 0) is 29.5 Å². The van der Waals surface area contributed by atoms with E-state index in [1.54, 1.807) is 13.3 Å². The average molecular weight is 406 g/mol. The molecule has 0 radical (unpaired) electrons. The maximum Gasteiger partial charge on any atom is 0.227 e. The number of hydrogen-bond acceptors (Lipinski definition) is 5. The van der Waals surface area contributed by atoms with Crippen LogP contribution < -0.4 is 4.74 Å². The van der Waals surface area contributed by atoms with Crippen LogP contribution in [0.25, 0.3) is 0 Å². The zero-order valence-corrected chi connectivity index (χ0v) is 17.9. The van der Waals surface area contributed by atoms with E-state index in [0.29, 0.717) is 12.5 Å². The molecule has 2 aromatic rings. The van der Waals surface area contributed by atoms with Crippen LogP contribution in [0.15, 0.2) is 35.6 Å². The topological polar surface area (TPSA) is 64.4 Å². The zero-order valence-electron chi connectivity index (χ0n) is 17.1. The van der Waals surface area contributed by atoms with E-state index < -0.39 is 9.84 Å². The van der Waals surface area contributed by atoms with Gasteiger partial charge in [0.2, 0.25) is 15.0 Å². The Kier molecular flexibility index (Phi) is 6.78. The Bertz CT molecular complexity index is 886. The fraction of sp³-hybridized carbons (Fsp3) is 0.571. The van der Waals surface area contributed by atoms with Crippen LogP contribution in [0.1, 0.15) is 43.4 Å². The molecule has 0 bridgehead atoms. The number of nitrogens with zero attached hydrogens (tertiary/aromatic N) is 3. The predicted molar refractivity (Wildman–Crippen MR) is 110 cm³/mol. The standard InChI is InChI=1S/C21H31N3O3S/c1-23(14-18-10-7-11-20(12-18)27-2)16-19-13-22-21(28(3,25)26)24(19)15-17-8-5-4-6-9-17/h7,10-13,17H,4-6,8-9,14-16H2,1-3H3. The van der Waals surface area contributed by atoms with Crippen LogP contribution in [-0.4, -0.2) is 43.3 Å². The smallest absolute Gasteiger partial charge is 0.227 e. The Labute approximate surface area is 168 Å². The van der Waals surface area contributed by atoms with Crippen LogP contribution >= 0.6 is 0 Å². The van der Waals surface area contributed by atoms with Crippen molar-refractivity contribution >= 4 is 9.84 Å². The third-order valence-corrected chi connectivity index (χ3v) is 6.41. The molecule has 1 aromatic carbocycles. The summed E-state index contributed by atoms with van der Waals surface area (Å²) in [5.74, 6) is 1.37. The Hall–Kier alpha value is -1.86. The third-order valence-electron chi connectivity index (χ3n) is 5.42. The van der Waals surface area contributed by atoms with Gasteiger partial charge in [0.1, 0.15) is 5.75 Å². The van der Waals surface area contributed by atoms with E-state index >= 15 is 0 Å². The maximum atomic E-state index is 12.2. The molecule has 1 heterocycles. The maximum absolute atomic E-state index is 12.2. The first kappa shape index (κ1) is 20.9. The first-order valence-electron chi connectivity index (χ1n) is 9.92. The minimum absolute atomic E-state index is 0.197. The monoisotopic (exact) mass is 405 g/mol. The highest BCUT2D eigenvalue weighted by molar-refractivity contribution is 7.90. The Morgan fingerprint density at radius 1 is 1.21 bits per heavy atom. The van der Waals surface area contributed by atoms with E-state index in [4.69, 9.17) is 4.74 Å². The number of sulfone groups is 1. The predicted octanol–water partition coefficient (Wildman–Crippen LogP) is 3.51. The molecule has 0 saturated heterocycles. The second-order valence-electron chi connectivity index (χ2n) is 7.94. The van der Waals surface area contributed by atoms with Crippen LogP contribution in [0.4, 0.5) is 0 Å². The fourth-order valence-electron chi connectivity index (χ4n) is 4.05. The molecule has 0 amide bonds. The molecule has 0 aliphatic heterocycles. The molecule has 28 heavy (non-hydrogen) atoms. The molecule has 1 fully saturated rings. The number of ether oxygens (including phenoxy) is 1. The number of hydrogen-bond donors (Lipinski definition) is 0. The number of imidazole rings is 1. The van der Waals surface area contributed by atoms with Crippen molar-refractivity contribution in [3.63, 3.8) is 0 Å². The lowest BCUT2D eigenvalue weighted by atomic mass is 9.89. The molecule has 1 saturated carbocycles. The quantitative estimate of drug-likeness (QED) is 0.672. The number of aromatic nitrogens is 2. The second kappa shape index (κ2) is 9.09. The lowest BCUT2D eigenvalue weighted by molar-refractivity contribution is 0.282. The Balaban J connectivity index is 1.77. The highest BCUT2D eigenvalue weighted by Crippen LogP contribution is 2.27. The summed E-state index contributed by atoms with van der Waals surface area (Å²) in [6.07, 6.45) is 9.06. The summed E-state index contributed by atoms with van der Waals surface area (Å²) in [6, 6.07) is 8.01. The van der Waals surface area contributed by atoms with Gasteiger partial charge in [-0.2, -0.15) is 0 Å². The van der Waals surface area contributed by atoms with E-state index in [1.807, 2.05) is 29.8 Å². The first-order chi connectivity index (χ1) is 13.4. The van der Waals surface area contributed by atoms with Crippen molar-refractivity contribution in [2.24, 2.45) is 5.92 Å². The summed E-state index contributed by atoms with van der Waals surface area (Å²) in [6.45, 7) is 2.14. The molecule has 3 rings (SSSR count). The SMILES string of the molecule is COc1cccc(CN(C)Cc2cnc(S(C)(=O)=O)n2CC2CCCCC2)c1. The van der Waals surface area contributed by atoms with Crippen LogP contribution in [0.3, 0.4) is 0 Å². The molecule has 7 heteroatoms. The number of methoxy groups -OCH3 is 1. The van der Waals surface area contributed by atoms with Crippen molar-refractivity contribution in [2.75, 3.05) is 20.4 Å². The molecule has 0 atom stereocenters. The van der Waals surface area contributed by atoms with Crippen molar-refractivity contribution < 1.29 is 13.2 Å². The molecule has 0 N–H and O–H groups in total. The van der Waals surface area contributed by atoms with Gasteiger partial charge >= 0.3 is 0 Å². The first-order valence-corrected chi connectivity index (χ1v) is 11.8. The summed E-state index contributed by atoms with van der Waals surface area (Å²) < 4.78 is 31.7. The van der Waals surface area contributed by atoms with Crippen molar-refractivity contribution in [3.05, 3.63) is 41.7 Å². The van der Waals surface area contributed by atoms with Gasteiger partial charge in [0.05, 0.1) is 19.0 Å². The highest BCUT2D eigenvalue weighted by Gasteiger charge is 2.23. The van der Waals surface area contributed by atoms with E-state index in [2.05, 4.69) is 16.0 Å². The van der Waals surface area contributed by atoms with Crippen LogP contribution in [0.2, 0.25) is 0 Å². The largest absolute Gasteiger partial charge is 0.497 e. The summed E-state index contributed by atoms with van der Waals surface area (Å²) in [5, 5.41) is 0.197. The van der Waals surface area contributed by atoms with Gasteiger partial charge in [-0.25, -0.2) is 13.4 Å².